The second-order valence-corrected chi connectivity index (χ2v) is 5.98. The van der Waals surface area contributed by atoms with Gasteiger partial charge in [0.05, 0.1) is 20.3 Å². The lowest BCUT2D eigenvalue weighted by Crippen LogP contribution is -2.35. The van der Waals surface area contributed by atoms with Crippen molar-refractivity contribution in [3.05, 3.63) is 64.6 Å². The van der Waals surface area contributed by atoms with Crippen molar-refractivity contribution < 1.29 is 19.1 Å². The molecule has 1 atom stereocenters. The van der Waals surface area contributed by atoms with Crippen molar-refractivity contribution in [1.29, 1.82) is 0 Å². The quantitative estimate of drug-likeness (QED) is 0.602. The molecular weight excluding hydrogens is 374 g/mol. The van der Waals surface area contributed by atoms with Gasteiger partial charge in [-0.2, -0.15) is 0 Å². The van der Waals surface area contributed by atoms with Crippen LogP contribution in [0.5, 0.6) is 0 Å². The van der Waals surface area contributed by atoms with Gasteiger partial charge in [0.15, 0.2) is 5.92 Å². The normalized spacial score (nSPS) is 11.7. The summed E-state index contributed by atoms with van der Waals surface area (Å²) in [5.41, 5.74) is 1.55. The van der Waals surface area contributed by atoms with Gasteiger partial charge >= 0.3 is 11.9 Å². The number of halogens is 1. The molecule has 0 saturated carbocycles. The van der Waals surface area contributed by atoms with Crippen molar-refractivity contribution in [2.45, 2.75) is 6.04 Å². The van der Waals surface area contributed by atoms with Crippen molar-refractivity contribution in [1.82, 2.24) is 0 Å². The smallest absolute Gasteiger partial charge is 0.322 e. The van der Waals surface area contributed by atoms with Gasteiger partial charge in [0.1, 0.15) is 0 Å². The first-order valence-electron chi connectivity index (χ1n) is 7.29. The van der Waals surface area contributed by atoms with Crippen LogP contribution in [0.2, 0.25) is 0 Å². The Bertz CT molecular complexity index is 672. The van der Waals surface area contributed by atoms with Crippen LogP contribution in [-0.2, 0) is 19.1 Å². The molecule has 0 radical (unpaired) electrons. The third-order valence-corrected chi connectivity index (χ3v) is 4.10. The number of hydrogen-bond donors (Lipinski definition) is 1. The first-order valence-corrected chi connectivity index (χ1v) is 8.09. The molecule has 0 aromatic heterocycles. The second-order valence-electron chi connectivity index (χ2n) is 5.06. The van der Waals surface area contributed by atoms with E-state index in [1.165, 1.54) is 14.2 Å². The molecule has 0 spiro atoms. The Hall–Kier alpha value is -2.34. The summed E-state index contributed by atoms with van der Waals surface area (Å²) in [6.07, 6.45) is 0. The number of ether oxygens (including phenoxy) is 2. The van der Waals surface area contributed by atoms with Crippen LogP contribution in [0.1, 0.15) is 11.6 Å². The Morgan fingerprint density at radius 2 is 1.46 bits per heavy atom. The number of benzene rings is 2. The topological polar surface area (TPSA) is 64.6 Å². The van der Waals surface area contributed by atoms with Gasteiger partial charge in [-0.15, -0.1) is 0 Å². The highest BCUT2D eigenvalue weighted by Gasteiger charge is 2.38. The zero-order valence-corrected chi connectivity index (χ0v) is 14.9. The lowest BCUT2D eigenvalue weighted by atomic mass is 9.92. The molecule has 0 amide bonds. The number of carbonyl (C=O) groups excluding carboxylic acids is 2. The van der Waals surface area contributed by atoms with Crippen molar-refractivity contribution in [2.24, 2.45) is 5.92 Å². The Labute approximate surface area is 149 Å². The summed E-state index contributed by atoms with van der Waals surface area (Å²) in [4.78, 5) is 24.4. The lowest BCUT2D eigenvalue weighted by molar-refractivity contribution is -0.159. The minimum atomic E-state index is -1.12. The van der Waals surface area contributed by atoms with Gasteiger partial charge in [-0.05, 0) is 29.8 Å². The van der Waals surface area contributed by atoms with Gasteiger partial charge in [-0.25, -0.2) is 0 Å². The highest BCUT2D eigenvalue weighted by Crippen LogP contribution is 2.29. The number of hydrogen-bond acceptors (Lipinski definition) is 5. The van der Waals surface area contributed by atoms with Gasteiger partial charge < -0.3 is 14.8 Å². The van der Waals surface area contributed by atoms with E-state index in [1.807, 2.05) is 54.6 Å². The Balaban J connectivity index is 2.42. The SMILES string of the molecule is COC(=O)C(C(=O)OC)C(Nc1ccc(Br)cc1)c1ccccc1. The van der Waals surface area contributed by atoms with Crippen LogP contribution in [0.25, 0.3) is 0 Å². The first kappa shape index (κ1) is 18.0. The second kappa shape index (κ2) is 8.49. The molecule has 126 valence electrons. The van der Waals surface area contributed by atoms with Crippen LogP contribution < -0.4 is 5.32 Å². The molecule has 0 aliphatic rings. The van der Waals surface area contributed by atoms with Crippen LogP contribution in [0.4, 0.5) is 5.69 Å². The number of rotatable bonds is 6. The van der Waals surface area contributed by atoms with Gasteiger partial charge in [-0.1, -0.05) is 46.3 Å². The predicted molar refractivity (Wildman–Crippen MR) is 94.5 cm³/mol. The van der Waals surface area contributed by atoms with Crippen molar-refractivity contribution in [2.75, 3.05) is 19.5 Å². The van der Waals surface area contributed by atoms with Gasteiger partial charge in [0.2, 0.25) is 0 Å². The molecule has 2 aromatic carbocycles. The number of nitrogens with one attached hydrogen (secondary N) is 1. The van der Waals surface area contributed by atoms with Crippen LogP contribution in [-0.4, -0.2) is 26.2 Å². The molecule has 0 fully saturated rings. The van der Waals surface area contributed by atoms with Crippen molar-refractivity contribution in [3.63, 3.8) is 0 Å². The van der Waals surface area contributed by atoms with E-state index in [2.05, 4.69) is 21.2 Å². The molecule has 0 heterocycles. The third kappa shape index (κ3) is 4.35. The van der Waals surface area contributed by atoms with Crippen LogP contribution >= 0.6 is 15.9 Å². The van der Waals surface area contributed by atoms with Gasteiger partial charge in [0, 0.05) is 10.2 Å². The summed E-state index contributed by atoms with van der Waals surface area (Å²) >= 11 is 3.38. The molecule has 1 N–H and O–H groups in total. The average molecular weight is 392 g/mol. The molecule has 5 nitrogen and oxygen atoms in total. The maximum Gasteiger partial charge on any atom is 0.322 e. The molecule has 6 heteroatoms. The van der Waals surface area contributed by atoms with E-state index in [4.69, 9.17) is 9.47 Å². The highest BCUT2D eigenvalue weighted by atomic mass is 79.9. The monoisotopic (exact) mass is 391 g/mol. The summed E-state index contributed by atoms with van der Waals surface area (Å²) in [6, 6.07) is 16.1. The molecule has 1 unspecified atom stereocenters. The maximum atomic E-state index is 12.2. The number of esters is 2. The number of anilines is 1. The minimum Gasteiger partial charge on any atom is -0.468 e. The van der Waals surface area contributed by atoms with Crippen LogP contribution in [0, 0.1) is 5.92 Å². The van der Waals surface area contributed by atoms with E-state index >= 15 is 0 Å². The fourth-order valence-electron chi connectivity index (χ4n) is 2.37. The van der Waals surface area contributed by atoms with E-state index in [1.54, 1.807) is 0 Å². The van der Waals surface area contributed by atoms with Crippen LogP contribution in [0.3, 0.4) is 0 Å². The Morgan fingerprint density at radius 3 is 1.96 bits per heavy atom. The van der Waals surface area contributed by atoms with Gasteiger partial charge in [-0.3, -0.25) is 9.59 Å². The Morgan fingerprint density at radius 1 is 0.917 bits per heavy atom. The number of carbonyl (C=O) groups is 2. The predicted octanol–water partition coefficient (Wildman–Crippen LogP) is 3.56. The highest BCUT2D eigenvalue weighted by molar-refractivity contribution is 9.10. The summed E-state index contributed by atoms with van der Waals surface area (Å²) in [5, 5.41) is 3.23. The van der Waals surface area contributed by atoms with E-state index in [0.717, 1.165) is 15.7 Å². The zero-order valence-electron chi connectivity index (χ0n) is 13.4. The van der Waals surface area contributed by atoms with Crippen LogP contribution in [0.15, 0.2) is 59.1 Å². The van der Waals surface area contributed by atoms with Crippen molar-refractivity contribution >= 4 is 33.6 Å². The first-order chi connectivity index (χ1) is 11.6. The van der Waals surface area contributed by atoms with Crippen molar-refractivity contribution in [3.8, 4) is 0 Å². The molecule has 0 aliphatic carbocycles. The molecule has 2 rings (SSSR count). The third-order valence-electron chi connectivity index (χ3n) is 3.57. The Kier molecular flexibility index (Phi) is 6.37. The van der Waals surface area contributed by atoms with Gasteiger partial charge in [0.25, 0.3) is 0 Å². The van der Waals surface area contributed by atoms with E-state index in [9.17, 15) is 9.59 Å². The standard InChI is InChI=1S/C18H18BrNO4/c1-23-17(21)15(18(22)24-2)16(12-6-4-3-5-7-12)20-14-10-8-13(19)9-11-14/h3-11,15-16,20H,1-2H3. The summed E-state index contributed by atoms with van der Waals surface area (Å²) in [7, 11) is 2.50. The van der Waals surface area contributed by atoms with E-state index < -0.39 is 23.9 Å². The summed E-state index contributed by atoms with van der Waals surface area (Å²) < 4.78 is 10.5. The summed E-state index contributed by atoms with van der Waals surface area (Å²) in [5.74, 6) is -2.42. The minimum absolute atomic E-state index is 0.618. The largest absolute Gasteiger partial charge is 0.468 e. The lowest BCUT2D eigenvalue weighted by Gasteiger charge is -2.26. The van der Waals surface area contributed by atoms with E-state index in [-0.39, 0.29) is 0 Å². The molecular formula is C18H18BrNO4. The molecule has 24 heavy (non-hydrogen) atoms. The fraction of sp³-hybridized carbons (Fsp3) is 0.222. The molecule has 2 aromatic rings. The maximum absolute atomic E-state index is 12.2. The summed E-state index contributed by atoms with van der Waals surface area (Å²) in [6.45, 7) is 0. The molecule has 0 saturated heterocycles. The average Bonchev–Trinajstić information content (AvgIpc) is 2.63. The zero-order chi connectivity index (χ0) is 17.5. The number of methoxy groups -OCH3 is 2. The van der Waals surface area contributed by atoms with E-state index in [0.29, 0.717) is 0 Å². The fourth-order valence-corrected chi connectivity index (χ4v) is 2.63. The molecule has 0 bridgehead atoms. The molecule has 0 aliphatic heterocycles.